The summed E-state index contributed by atoms with van der Waals surface area (Å²) in [4.78, 5) is 0. The van der Waals surface area contributed by atoms with Crippen molar-refractivity contribution in [3.63, 3.8) is 0 Å². The van der Waals surface area contributed by atoms with Crippen LogP contribution in [-0.4, -0.2) is 5.16 Å². The lowest BCUT2D eigenvalue weighted by atomic mass is 10.0. The quantitative estimate of drug-likeness (QED) is 0.810. The summed E-state index contributed by atoms with van der Waals surface area (Å²) in [6, 6.07) is 10.1. The van der Waals surface area contributed by atoms with Gasteiger partial charge in [-0.2, -0.15) is 0 Å². The summed E-state index contributed by atoms with van der Waals surface area (Å²) >= 11 is 0. The molecule has 3 nitrogen and oxygen atoms in total. The van der Waals surface area contributed by atoms with Gasteiger partial charge in [-0.15, -0.1) is 0 Å². The number of rotatable bonds is 2. The highest BCUT2D eigenvalue weighted by Gasteiger charge is 2.31. The van der Waals surface area contributed by atoms with Gasteiger partial charge in [0.2, 0.25) is 5.88 Å². The predicted octanol–water partition coefficient (Wildman–Crippen LogP) is 2.80. The molecule has 0 unspecified atom stereocenters. The van der Waals surface area contributed by atoms with E-state index in [9.17, 15) is 0 Å². The van der Waals surface area contributed by atoms with Gasteiger partial charge in [0.15, 0.2) is 0 Å². The van der Waals surface area contributed by atoms with Crippen molar-refractivity contribution in [3.05, 3.63) is 36.0 Å². The molecule has 1 aliphatic rings. The van der Waals surface area contributed by atoms with Crippen molar-refractivity contribution in [2.24, 2.45) is 0 Å². The molecule has 76 valence electrons. The molecule has 1 saturated carbocycles. The van der Waals surface area contributed by atoms with Crippen LogP contribution < -0.4 is 5.73 Å². The van der Waals surface area contributed by atoms with E-state index in [0.29, 0.717) is 11.8 Å². The maximum Gasteiger partial charge on any atom is 0.230 e. The Bertz CT molecular complexity index is 472. The lowest BCUT2D eigenvalue weighted by Gasteiger charge is -2.00. The van der Waals surface area contributed by atoms with Crippen molar-refractivity contribution in [1.82, 2.24) is 5.16 Å². The van der Waals surface area contributed by atoms with E-state index in [1.165, 1.54) is 12.8 Å². The van der Waals surface area contributed by atoms with Gasteiger partial charge < -0.3 is 10.3 Å². The Morgan fingerprint density at radius 1 is 1.20 bits per heavy atom. The lowest BCUT2D eigenvalue weighted by molar-refractivity contribution is 0.428. The van der Waals surface area contributed by atoms with Crippen molar-refractivity contribution in [2.75, 3.05) is 5.73 Å². The Labute approximate surface area is 87.9 Å². The molecule has 0 spiro atoms. The zero-order valence-electron chi connectivity index (χ0n) is 8.31. The maximum atomic E-state index is 5.81. The minimum atomic E-state index is 0.433. The van der Waals surface area contributed by atoms with E-state index >= 15 is 0 Å². The number of anilines is 1. The Hall–Kier alpha value is -1.77. The second-order valence-corrected chi connectivity index (χ2v) is 3.95. The van der Waals surface area contributed by atoms with Crippen molar-refractivity contribution < 1.29 is 4.52 Å². The zero-order valence-corrected chi connectivity index (χ0v) is 8.31. The molecule has 0 radical (unpaired) electrons. The maximum absolute atomic E-state index is 5.81. The number of nitrogens with zero attached hydrogens (tertiary/aromatic N) is 1. The SMILES string of the molecule is Nc1onc(C2CC2)c1-c1ccccc1. The molecular weight excluding hydrogens is 188 g/mol. The summed E-state index contributed by atoms with van der Waals surface area (Å²) < 4.78 is 5.08. The van der Waals surface area contributed by atoms with Crippen LogP contribution in [0, 0.1) is 0 Å². The first-order valence-electron chi connectivity index (χ1n) is 5.16. The molecule has 1 heterocycles. The topological polar surface area (TPSA) is 52.0 Å². The Kier molecular flexibility index (Phi) is 1.78. The van der Waals surface area contributed by atoms with Crippen LogP contribution in [-0.2, 0) is 0 Å². The Balaban J connectivity index is 2.13. The van der Waals surface area contributed by atoms with Crippen LogP contribution in [0.2, 0.25) is 0 Å². The third-order valence-corrected chi connectivity index (χ3v) is 2.77. The van der Waals surface area contributed by atoms with Crippen molar-refractivity contribution >= 4 is 5.88 Å². The number of hydrogen-bond acceptors (Lipinski definition) is 3. The van der Waals surface area contributed by atoms with E-state index in [1.54, 1.807) is 0 Å². The van der Waals surface area contributed by atoms with E-state index in [4.69, 9.17) is 10.3 Å². The normalized spacial score (nSPS) is 15.5. The summed E-state index contributed by atoms with van der Waals surface area (Å²) in [7, 11) is 0. The number of aromatic nitrogens is 1. The standard InChI is InChI=1S/C12H12N2O/c13-12-10(8-4-2-1-3-5-8)11(14-15-12)9-6-7-9/h1-5,9H,6-7,13H2. The first-order valence-corrected chi connectivity index (χ1v) is 5.16. The number of hydrogen-bond donors (Lipinski definition) is 1. The van der Waals surface area contributed by atoms with E-state index in [-0.39, 0.29) is 0 Å². The summed E-state index contributed by atoms with van der Waals surface area (Å²) in [5, 5.41) is 4.05. The summed E-state index contributed by atoms with van der Waals surface area (Å²) in [5.41, 5.74) is 8.92. The Morgan fingerprint density at radius 2 is 1.93 bits per heavy atom. The van der Waals surface area contributed by atoms with Gasteiger partial charge in [0, 0.05) is 5.92 Å². The van der Waals surface area contributed by atoms with Crippen LogP contribution in [0.25, 0.3) is 11.1 Å². The van der Waals surface area contributed by atoms with Gasteiger partial charge >= 0.3 is 0 Å². The molecule has 3 rings (SSSR count). The number of nitrogens with two attached hydrogens (primary N) is 1. The van der Waals surface area contributed by atoms with Crippen LogP contribution in [0.1, 0.15) is 24.5 Å². The van der Waals surface area contributed by atoms with Gasteiger partial charge in [0.25, 0.3) is 0 Å². The predicted molar refractivity (Wildman–Crippen MR) is 58.3 cm³/mol. The molecule has 15 heavy (non-hydrogen) atoms. The van der Waals surface area contributed by atoms with Gasteiger partial charge in [0.1, 0.15) is 0 Å². The highest BCUT2D eigenvalue weighted by molar-refractivity contribution is 5.75. The molecule has 1 aromatic heterocycles. The van der Waals surface area contributed by atoms with Gasteiger partial charge in [-0.3, -0.25) is 0 Å². The highest BCUT2D eigenvalue weighted by Crippen LogP contribution is 2.45. The lowest BCUT2D eigenvalue weighted by Crippen LogP contribution is -1.88. The monoisotopic (exact) mass is 200 g/mol. The van der Waals surface area contributed by atoms with Crippen molar-refractivity contribution in [1.29, 1.82) is 0 Å². The molecule has 1 aliphatic carbocycles. The van der Waals surface area contributed by atoms with Crippen LogP contribution in [0.15, 0.2) is 34.9 Å². The largest absolute Gasteiger partial charge is 0.367 e. The summed E-state index contributed by atoms with van der Waals surface area (Å²) in [6.07, 6.45) is 2.40. The number of nitrogen functional groups attached to an aromatic ring is 1. The molecule has 0 amide bonds. The van der Waals surface area contributed by atoms with E-state index < -0.39 is 0 Å². The van der Waals surface area contributed by atoms with Crippen molar-refractivity contribution in [2.45, 2.75) is 18.8 Å². The zero-order chi connectivity index (χ0) is 10.3. The third-order valence-electron chi connectivity index (χ3n) is 2.77. The average Bonchev–Trinajstić information content (AvgIpc) is 3.04. The van der Waals surface area contributed by atoms with Crippen LogP contribution in [0.4, 0.5) is 5.88 Å². The molecule has 2 aromatic rings. The minimum Gasteiger partial charge on any atom is -0.367 e. The smallest absolute Gasteiger partial charge is 0.230 e. The molecule has 1 fully saturated rings. The average molecular weight is 200 g/mol. The first kappa shape index (κ1) is 8.53. The van der Waals surface area contributed by atoms with Gasteiger partial charge in [-0.25, -0.2) is 0 Å². The fourth-order valence-electron chi connectivity index (χ4n) is 1.85. The fourth-order valence-corrected chi connectivity index (χ4v) is 1.85. The summed E-state index contributed by atoms with van der Waals surface area (Å²) in [5.74, 6) is 0.990. The molecule has 0 atom stereocenters. The van der Waals surface area contributed by atoms with Crippen molar-refractivity contribution in [3.8, 4) is 11.1 Å². The summed E-state index contributed by atoms with van der Waals surface area (Å²) in [6.45, 7) is 0. The molecule has 1 aromatic carbocycles. The van der Waals surface area contributed by atoms with Gasteiger partial charge in [-0.05, 0) is 18.4 Å². The van der Waals surface area contributed by atoms with Gasteiger partial charge in [0.05, 0.1) is 11.3 Å². The van der Waals surface area contributed by atoms with E-state index in [1.807, 2.05) is 30.3 Å². The second kappa shape index (κ2) is 3.12. The molecule has 3 heteroatoms. The molecule has 0 bridgehead atoms. The van der Waals surface area contributed by atoms with E-state index in [0.717, 1.165) is 16.8 Å². The van der Waals surface area contributed by atoms with E-state index in [2.05, 4.69) is 5.16 Å². The van der Waals surface area contributed by atoms with Crippen LogP contribution in [0.3, 0.4) is 0 Å². The van der Waals surface area contributed by atoms with Crippen LogP contribution >= 0.6 is 0 Å². The number of benzene rings is 1. The fraction of sp³-hybridized carbons (Fsp3) is 0.250. The van der Waals surface area contributed by atoms with Gasteiger partial charge in [-0.1, -0.05) is 35.5 Å². The molecule has 0 aliphatic heterocycles. The first-order chi connectivity index (χ1) is 7.36. The Morgan fingerprint density at radius 3 is 2.60 bits per heavy atom. The molecule has 2 N–H and O–H groups in total. The minimum absolute atomic E-state index is 0.433. The highest BCUT2D eigenvalue weighted by atomic mass is 16.5. The molecule has 0 saturated heterocycles. The van der Waals surface area contributed by atoms with Crippen LogP contribution in [0.5, 0.6) is 0 Å². The third kappa shape index (κ3) is 1.40. The molecular formula is C12H12N2O. The second-order valence-electron chi connectivity index (χ2n) is 3.95.